The van der Waals surface area contributed by atoms with Crippen molar-refractivity contribution in [2.75, 3.05) is 13.6 Å². The van der Waals surface area contributed by atoms with Crippen LogP contribution in [0.2, 0.25) is 0 Å². The second-order valence-corrected chi connectivity index (χ2v) is 3.69. The minimum atomic E-state index is -0.258. The summed E-state index contributed by atoms with van der Waals surface area (Å²) in [6, 6.07) is 1.90. The zero-order valence-corrected chi connectivity index (χ0v) is 9.01. The molecule has 1 atom stereocenters. The number of nitrogens with zero attached hydrogens (tertiary/aromatic N) is 2. The third-order valence-electron chi connectivity index (χ3n) is 2.79. The summed E-state index contributed by atoms with van der Waals surface area (Å²) in [7, 11) is 2.06. The standard InChI is InChI=1S/C9H10N4O.ClH/c1-12-4-5-13-3-2-6-7(13)8(12)11-9(14)10-6;/h2-3H,4-5H2,1H3,(H,10,11,14);1H. The van der Waals surface area contributed by atoms with E-state index in [0.717, 1.165) is 29.9 Å². The van der Waals surface area contributed by atoms with Crippen molar-refractivity contribution in [1.82, 2.24) is 14.5 Å². The Labute approximate surface area is 92.1 Å². The largest absolute Gasteiger partial charge is 1.00 e. The summed E-state index contributed by atoms with van der Waals surface area (Å²) in [6.07, 6.45) is 1.99. The average molecular weight is 227 g/mol. The summed E-state index contributed by atoms with van der Waals surface area (Å²) in [5.41, 5.74) is 1.60. The summed E-state index contributed by atoms with van der Waals surface area (Å²) < 4.78 is 2.14. The Morgan fingerprint density at radius 3 is 3.20 bits per heavy atom. The molecule has 5 nitrogen and oxygen atoms in total. The molecular formula is C9H11ClN4O. The summed E-state index contributed by atoms with van der Waals surface area (Å²) in [5, 5.41) is 0. The Balaban J connectivity index is 0.000000853. The van der Waals surface area contributed by atoms with Gasteiger partial charge in [0, 0.05) is 6.20 Å². The molecule has 1 unspecified atom stereocenters. The molecule has 0 radical (unpaired) electrons. The molecule has 6 heteroatoms. The van der Waals surface area contributed by atoms with Crippen LogP contribution in [0.5, 0.6) is 0 Å². The summed E-state index contributed by atoms with van der Waals surface area (Å²) in [5.74, 6) is 0.955. The van der Waals surface area contributed by atoms with Gasteiger partial charge in [0.15, 0.2) is 0 Å². The fourth-order valence-electron chi connectivity index (χ4n) is 2.03. The highest BCUT2D eigenvalue weighted by Crippen LogP contribution is 2.17. The number of nitrogens with one attached hydrogen (secondary N) is 2. The van der Waals surface area contributed by atoms with Crippen LogP contribution >= 0.6 is 0 Å². The van der Waals surface area contributed by atoms with Crippen molar-refractivity contribution < 1.29 is 17.3 Å². The molecule has 80 valence electrons. The molecule has 0 saturated carbocycles. The average Bonchev–Trinajstić information content (AvgIpc) is 2.55. The van der Waals surface area contributed by atoms with E-state index in [4.69, 9.17) is 0 Å². The number of halogens is 1. The first kappa shape index (κ1) is 10.2. The molecule has 0 aromatic carbocycles. The van der Waals surface area contributed by atoms with Crippen molar-refractivity contribution in [2.45, 2.75) is 6.54 Å². The van der Waals surface area contributed by atoms with Crippen LogP contribution in [0, 0.1) is 0 Å². The predicted octanol–water partition coefficient (Wildman–Crippen LogP) is -4.11. The minimum Gasteiger partial charge on any atom is -1.00 e. The number of aromatic nitrogens is 3. The first-order valence-electron chi connectivity index (χ1n) is 4.67. The van der Waals surface area contributed by atoms with Gasteiger partial charge in [-0.1, -0.05) is 0 Å². The van der Waals surface area contributed by atoms with Gasteiger partial charge in [0.1, 0.15) is 17.6 Å². The third-order valence-corrected chi connectivity index (χ3v) is 2.79. The van der Waals surface area contributed by atoms with Crippen molar-refractivity contribution in [1.29, 1.82) is 0 Å². The molecule has 15 heavy (non-hydrogen) atoms. The van der Waals surface area contributed by atoms with Crippen LogP contribution in [0.4, 0.5) is 5.82 Å². The molecule has 0 aliphatic carbocycles. The number of aromatic amines is 1. The lowest BCUT2D eigenvalue weighted by molar-refractivity contribution is -0.814. The van der Waals surface area contributed by atoms with E-state index in [1.165, 1.54) is 4.90 Å². The normalized spacial score (nSPS) is 18.9. The Morgan fingerprint density at radius 2 is 2.40 bits per heavy atom. The Bertz CT molecular complexity index is 559. The Hall–Kier alpha value is -1.33. The highest BCUT2D eigenvalue weighted by molar-refractivity contribution is 5.82. The van der Waals surface area contributed by atoms with E-state index in [2.05, 4.69) is 21.6 Å². The number of rotatable bonds is 0. The maximum absolute atomic E-state index is 11.3. The predicted molar refractivity (Wildman–Crippen MR) is 51.8 cm³/mol. The second-order valence-electron chi connectivity index (χ2n) is 3.69. The highest BCUT2D eigenvalue weighted by Gasteiger charge is 2.22. The number of H-pyrrole nitrogens is 1. The zero-order chi connectivity index (χ0) is 9.71. The summed E-state index contributed by atoms with van der Waals surface area (Å²) >= 11 is 0. The zero-order valence-electron chi connectivity index (χ0n) is 8.25. The van der Waals surface area contributed by atoms with Gasteiger partial charge < -0.3 is 17.0 Å². The lowest BCUT2D eigenvalue weighted by Crippen LogP contribution is -3.05. The van der Waals surface area contributed by atoms with Gasteiger partial charge in [0.25, 0.3) is 0 Å². The van der Waals surface area contributed by atoms with E-state index in [1.54, 1.807) is 0 Å². The number of quaternary nitrogens is 1. The molecule has 0 spiro atoms. The van der Waals surface area contributed by atoms with E-state index < -0.39 is 0 Å². The van der Waals surface area contributed by atoms with Crippen molar-refractivity contribution in [3.05, 3.63) is 22.7 Å². The maximum Gasteiger partial charge on any atom is 0.350 e. The quantitative estimate of drug-likeness (QED) is 0.480. The number of hydrogen-bond acceptors (Lipinski definition) is 2. The van der Waals surface area contributed by atoms with Gasteiger partial charge >= 0.3 is 5.69 Å². The van der Waals surface area contributed by atoms with Crippen LogP contribution in [-0.4, -0.2) is 28.1 Å². The van der Waals surface area contributed by atoms with Crippen LogP contribution in [0.3, 0.4) is 0 Å². The summed E-state index contributed by atoms with van der Waals surface area (Å²) in [6.45, 7) is 1.98. The van der Waals surface area contributed by atoms with Crippen LogP contribution < -0.4 is 23.0 Å². The van der Waals surface area contributed by atoms with Gasteiger partial charge in [-0.25, -0.2) is 4.79 Å². The number of hydrogen-bond donors (Lipinski definition) is 2. The molecule has 2 aromatic heterocycles. The minimum absolute atomic E-state index is 0. The Morgan fingerprint density at radius 1 is 1.60 bits per heavy atom. The second kappa shape index (κ2) is 3.36. The molecule has 0 amide bonds. The Kier molecular flexibility index (Phi) is 2.28. The molecule has 3 rings (SSSR count). The lowest BCUT2D eigenvalue weighted by Gasteiger charge is -2.20. The van der Waals surface area contributed by atoms with Gasteiger partial charge in [-0.3, -0.25) is 9.88 Å². The van der Waals surface area contributed by atoms with E-state index in [9.17, 15) is 4.79 Å². The summed E-state index contributed by atoms with van der Waals surface area (Å²) in [4.78, 5) is 19.2. The van der Waals surface area contributed by atoms with Gasteiger partial charge in [0.2, 0.25) is 5.82 Å². The fraction of sp³-hybridized carbons (Fsp3) is 0.333. The monoisotopic (exact) mass is 226 g/mol. The van der Waals surface area contributed by atoms with E-state index >= 15 is 0 Å². The third kappa shape index (κ3) is 1.35. The SMILES string of the molecule is C[NH+]1CCn2ccc3nc(=O)[nH]c1c32.[Cl-]. The van der Waals surface area contributed by atoms with Gasteiger partial charge in [0.05, 0.1) is 13.6 Å². The molecule has 3 heterocycles. The van der Waals surface area contributed by atoms with Crippen molar-refractivity contribution in [3.63, 3.8) is 0 Å². The molecule has 0 saturated heterocycles. The molecular weight excluding hydrogens is 216 g/mol. The van der Waals surface area contributed by atoms with Crippen LogP contribution in [-0.2, 0) is 6.54 Å². The smallest absolute Gasteiger partial charge is 0.350 e. The van der Waals surface area contributed by atoms with Crippen LogP contribution in [0.1, 0.15) is 0 Å². The van der Waals surface area contributed by atoms with Crippen LogP contribution in [0.25, 0.3) is 11.0 Å². The first-order valence-corrected chi connectivity index (χ1v) is 4.67. The molecule has 2 N–H and O–H groups in total. The molecule has 2 aromatic rings. The fourth-order valence-corrected chi connectivity index (χ4v) is 2.03. The highest BCUT2D eigenvalue weighted by atomic mass is 35.5. The van der Waals surface area contributed by atoms with Gasteiger partial charge in [-0.2, -0.15) is 4.98 Å². The molecule has 0 bridgehead atoms. The van der Waals surface area contributed by atoms with Gasteiger partial charge in [-0.15, -0.1) is 0 Å². The van der Waals surface area contributed by atoms with E-state index in [0.29, 0.717) is 0 Å². The first-order chi connectivity index (χ1) is 6.75. The molecule has 0 fully saturated rings. The van der Waals surface area contributed by atoms with Gasteiger partial charge in [-0.05, 0) is 6.07 Å². The van der Waals surface area contributed by atoms with E-state index in [1.807, 2.05) is 12.3 Å². The number of likely N-dealkylation sites (N-methyl/N-ethyl adjacent to an activating group) is 1. The lowest BCUT2D eigenvalue weighted by atomic mass is 10.3. The maximum atomic E-state index is 11.3. The van der Waals surface area contributed by atoms with Crippen molar-refractivity contribution in [2.24, 2.45) is 0 Å². The van der Waals surface area contributed by atoms with Crippen molar-refractivity contribution in [3.8, 4) is 0 Å². The topological polar surface area (TPSA) is 55.1 Å². The van der Waals surface area contributed by atoms with E-state index in [-0.39, 0.29) is 18.1 Å². The van der Waals surface area contributed by atoms with Crippen molar-refractivity contribution >= 4 is 16.9 Å². The molecule has 1 aliphatic heterocycles. The van der Waals surface area contributed by atoms with Crippen LogP contribution in [0.15, 0.2) is 17.1 Å². The molecule has 1 aliphatic rings.